The second kappa shape index (κ2) is 6.58. The van der Waals surface area contributed by atoms with E-state index in [1.165, 1.54) is 25.7 Å². The van der Waals surface area contributed by atoms with E-state index in [2.05, 4.69) is 46.4 Å². The van der Waals surface area contributed by atoms with Gasteiger partial charge in [-0.2, -0.15) is 0 Å². The van der Waals surface area contributed by atoms with E-state index in [1.807, 2.05) is 6.07 Å². The largest absolute Gasteiger partial charge is 0.381 e. The third-order valence-electron chi connectivity index (χ3n) is 3.98. The molecule has 0 spiro atoms. The van der Waals surface area contributed by atoms with Crippen molar-refractivity contribution in [3.05, 3.63) is 28.7 Å². The fourth-order valence-corrected chi connectivity index (χ4v) is 3.41. The van der Waals surface area contributed by atoms with Crippen LogP contribution in [0.5, 0.6) is 0 Å². The van der Waals surface area contributed by atoms with Crippen molar-refractivity contribution < 1.29 is 0 Å². The van der Waals surface area contributed by atoms with E-state index in [9.17, 15) is 0 Å². The summed E-state index contributed by atoms with van der Waals surface area (Å²) in [6.07, 6.45) is 5.35. The van der Waals surface area contributed by atoms with Crippen LogP contribution >= 0.6 is 15.9 Å². The monoisotopic (exact) mass is 310 g/mol. The maximum Gasteiger partial charge on any atom is 0.0411 e. The van der Waals surface area contributed by atoms with Crippen molar-refractivity contribution in [2.75, 3.05) is 11.9 Å². The molecule has 0 amide bonds. The zero-order chi connectivity index (χ0) is 13.0. The number of halogens is 1. The molecule has 0 bridgehead atoms. The summed E-state index contributed by atoms with van der Waals surface area (Å²) in [5.41, 5.74) is 7.13. The molecule has 3 unspecified atom stereocenters. The Morgan fingerprint density at radius 1 is 1.44 bits per heavy atom. The van der Waals surface area contributed by atoms with Gasteiger partial charge in [-0.15, -0.1) is 0 Å². The Morgan fingerprint density at radius 3 is 2.94 bits per heavy atom. The Morgan fingerprint density at radius 2 is 2.28 bits per heavy atom. The summed E-state index contributed by atoms with van der Waals surface area (Å²) in [7, 11) is 0. The summed E-state index contributed by atoms with van der Waals surface area (Å²) < 4.78 is 1.11. The molecule has 0 aliphatic heterocycles. The first kappa shape index (κ1) is 13.9. The van der Waals surface area contributed by atoms with E-state index in [4.69, 9.17) is 5.73 Å². The van der Waals surface area contributed by atoms with Gasteiger partial charge in [0.1, 0.15) is 0 Å². The maximum absolute atomic E-state index is 5.96. The normalized spacial score (nSPS) is 25.7. The highest BCUT2D eigenvalue weighted by molar-refractivity contribution is 9.10. The Labute approximate surface area is 118 Å². The maximum atomic E-state index is 5.96. The minimum absolute atomic E-state index is 0.405. The molecule has 1 fully saturated rings. The SMILES string of the molecule is CC1CCCC(C(CN)Nc2cccc(Br)c2)C1. The first-order valence-corrected chi connectivity index (χ1v) is 7.70. The molecule has 1 aromatic carbocycles. The molecule has 3 N–H and O–H groups in total. The number of benzene rings is 1. The second-order valence-electron chi connectivity index (χ2n) is 5.53. The number of nitrogens with two attached hydrogens (primary N) is 1. The molecule has 18 heavy (non-hydrogen) atoms. The van der Waals surface area contributed by atoms with Gasteiger partial charge >= 0.3 is 0 Å². The molecule has 0 aromatic heterocycles. The molecular weight excluding hydrogens is 288 g/mol. The van der Waals surface area contributed by atoms with Crippen molar-refractivity contribution in [1.29, 1.82) is 0 Å². The van der Waals surface area contributed by atoms with Crippen LogP contribution in [0, 0.1) is 11.8 Å². The lowest BCUT2D eigenvalue weighted by Crippen LogP contribution is -2.38. The number of hydrogen-bond acceptors (Lipinski definition) is 2. The van der Waals surface area contributed by atoms with Crippen molar-refractivity contribution in [3.8, 4) is 0 Å². The first-order valence-electron chi connectivity index (χ1n) is 6.91. The van der Waals surface area contributed by atoms with Gasteiger partial charge in [0.25, 0.3) is 0 Å². The zero-order valence-corrected chi connectivity index (χ0v) is 12.6. The van der Waals surface area contributed by atoms with Gasteiger partial charge in [-0.1, -0.05) is 41.8 Å². The van der Waals surface area contributed by atoms with E-state index < -0.39 is 0 Å². The average molecular weight is 311 g/mol. The van der Waals surface area contributed by atoms with Crippen LogP contribution in [0.1, 0.15) is 32.6 Å². The van der Waals surface area contributed by atoms with Gasteiger partial charge in [0, 0.05) is 22.7 Å². The van der Waals surface area contributed by atoms with E-state index >= 15 is 0 Å². The van der Waals surface area contributed by atoms with Gasteiger partial charge in [0.05, 0.1) is 0 Å². The summed E-state index contributed by atoms with van der Waals surface area (Å²) in [4.78, 5) is 0. The molecule has 3 atom stereocenters. The minimum atomic E-state index is 0.405. The molecule has 0 heterocycles. The van der Waals surface area contributed by atoms with Gasteiger partial charge in [0.2, 0.25) is 0 Å². The Balaban J connectivity index is 2.00. The van der Waals surface area contributed by atoms with Crippen LogP contribution in [0.4, 0.5) is 5.69 Å². The van der Waals surface area contributed by atoms with E-state index in [-0.39, 0.29) is 0 Å². The van der Waals surface area contributed by atoms with E-state index in [0.29, 0.717) is 12.6 Å². The topological polar surface area (TPSA) is 38.0 Å². The Hall–Kier alpha value is -0.540. The van der Waals surface area contributed by atoms with Crippen molar-refractivity contribution in [1.82, 2.24) is 0 Å². The highest BCUT2D eigenvalue weighted by Crippen LogP contribution is 2.32. The predicted molar refractivity (Wildman–Crippen MR) is 81.7 cm³/mol. The molecule has 0 radical (unpaired) electrons. The number of rotatable bonds is 4. The summed E-state index contributed by atoms with van der Waals surface area (Å²) in [5.74, 6) is 1.57. The molecule has 1 saturated carbocycles. The van der Waals surface area contributed by atoms with Crippen LogP contribution in [-0.4, -0.2) is 12.6 Å². The molecule has 2 rings (SSSR count). The van der Waals surface area contributed by atoms with Crippen LogP contribution in [0.25, 0.3) is 0 Å². The molecule has 2 nitrogen and oxygen atoms in total. The van der Waals surface area contributed by atoms with Gasteiger partial charge in [-0.3, -0.25) is 0 Å². The Bertz CT molecular complexity index is 381. The molecule has 3 heteroatoms. The van der Waals surface area contributed by atoms with Gasteiger partial charge in [-0.05, 0) is 42.9 Å². The molecule has 1 aromatic rings. The highest BCUT2D eigenvalue weighted by atomic mass is 79.9. The highest BCUT2D eigenvalue weighted by Gasteiger charge is 2.25. The van der Waals surface area contributed by atoms with Crippen LogP contribution < -0.4 is 11.1 Å². The predicted octanol–water partition coefficient (Wildman–Crippen LogP) is 4.01. The molecule has 0 saturated heterocycles. The Kier molecular flexibility index (Phi) is 5.07. The third-order valence-corrected chi connectivity index (χ3v) is 4.47. The van der Waals surface area contributed by atoms with Crippen LogP contribution in [0.15, 0.2) is 28.7 Å². The van der Waals surface area contributed by atoms with Crippen molar-refractivity contribution in [3.63, 3.8) is 0 Å². The van der Waals surface area contributed by atoms with Gasteiger partial charge in [0.15, 0.2) is 0 Å². The van der Waals surface area contributed by atoms with Crippen LogP contribution in [-0.2, 0) is 0 Å². The smallest absolute Gasteiger partial charge is 0.0411 e. The fourth-order valence-electron chi connectivity index (χ4n) is 3.01. The van der Waals surface area contributed by atoms with Crippen molar-refractivity contribution in [2.45, 2.75) is 38.6 Å². The van der Waals surface area contributed by atoms with Crippen LogP contribution in [0.3, 0.4) is 0 Å². The number of hydrogen-bond donors (Lipinski definition) is 2. The summed E-state index contributed by atoms with van der Waals surface area (Å²) in [5, 5.41) is 3.60. The lowest BCUT2D eigenvalue weighted by molar-refractivity contribution is 0.257. The summed E-state index contributed by atoms with van der Waals surface area (Å²) >= 11 is 3.51. The van der Waals surface area contributed by atoms with E-state index in [1.54, 1.807) is 0 Å². The van der Waals surface area contributed by atoms with Gasteiger partial charge in [-0.25, -0.2) is 0 Å². The van der Waals surface area contributed by atoms with Crippen LogP contribution in [0.2, 0.25) is 0 Å². The molecular formula is C15H23BrN2. The quantitative estimate of drug-likeness (QED) is 0.881. The second-order valence-corrected chi connectivity index (χ2v) is 6.44. The average Bonchev–Trinajstić information content (AvgIpc) is 2.36. The standard InChI is InChI=1S/C15H23BrN2/c1-11-4-2-5-12(8-11)15(10-17)18-14-7-3-6-13(16)9-14/h3,6-7,9,11-12,15,18H,2,4-5,8,10,17H2,1H3. The number of anilines is 1. The van der Waals surface area contributed by atoms with Crippen molar-refractivity contribution in [2.24, 2.45) is 17.6 Å². The minimum Gasteiger partial charge on any atom is -0.381 e. The van der Waals surface area contributed by atoms with Crippen molar-refractivity contribution >= 4 is 21.6 Å². The van der Waals surface area contributed by atoms with Gasteiger partial charge < -0.3 is 11.1 Å². The first-order chi connectivity index (χ1) is 8.69. The number of nitrogens with one attached hydrogen (secondary N) is 1. The summed E-state index contributed by atoms with van der Waals surface area (Å²) in [6.45, 7) is 3.07. The molecule has 100 valence electrons. The van der Waals surface area contributed by atoms with E-state index in [0.717, 1.165) is 22.0 Å². The molecule has 1 aliphatic rings. The lowest BCUT2D eigenvalue weighted by Gasteiger charge is -2.33. The molecule has 1 aliphatic carbocycles. The zero-order valence-electron chi connectivity index (χ0n) is 11.0. The third kappa shape index (κ3) is 3.72. The lowest BCUT2D eigenvalue weighted by atomic mass is 9.78. The fraction of sp³-hybridized carbons (Fsp3) is 0.600. The summed E-state index contributed by atoms with van der Waals surface area (Å²) in [6, 6.07) is 8.74.